The Bertz CT molecular complexity index is 3220. The van der Waals surface area contributed by atoms with Crippen molar-refractivity contribution < 1.29 is 4.57 Å². The van der Waals surface area contributed by atoms with Gasteiger partial charge in [-0.05, 0) is 70.1 Å². The lowest BCUT2D eigenvalue weighted by atomic mass is 10.1. The lowest BCUT2D eigenvalue weighted by Crippen LogP contribution is -2.25. The summed E-state index contributed by atoms with van der Waals surface area (Å²) >= 11 is 0. The summed E-state index contributed by atoms with van der Waals surface area (Å²) in [4.78, 5) is 10.5. The smallest absolute Gasteiger partial charge is 0.221 e. The first-order valence-electron chi connectivity index (χ1n) is 17.4. The van der Waals surface area contributed by atoms with Crippen LogP contribution in [-0.2, 0) is 4.57 Å². The minimum Gasteiger partial charge on any atom is -0.309 e. The molecule has 0 amide bonds. The molecule has 244 valence electrons. The molecule has 6 heteroatoms. The summed E-state index contributed by atoms with van der Waals surface area (Å²) in [6.45, 7) is 0. The molecule has 11 aromatic rings. The molecule has 3 aromatic heterocycles. The van der Waals surface area contributed by atoms with Crippen molar-refractivity contribution in [3.63, 3.8) is 0 Å². The van der Waals surface area contributed by atoms with Gasteiger partial charge in [-0.1, -0.05) is 127 Å². The van der Waals surface area contributed by atoms with E-state index in [1.165, 1.54) is 0 Å². The van der Waals surface area contributed by atoms with Crippen LogP contribution in [0.5, 0.6) is 0 Å². The average Bonchev–Trinajstić information content (AvgIpc) is 3.76. The van der Waals surface area contributed by atoms with Crippen molar-refractivity contribution >= 4 is 94.0 Å². The van der Waals surface area contributed by atoms with Crippen LogP contribution in [-0.4, -0.2) is 18.9 Å². The normalized spacial score (nSPS) is 12.3. The maximum atomic E-state index is 16.3. The number of nitrogens with zero attached hydrogens (tertiary/aromatic N) is 4. The predicted octanol–water partition coefficient (Wildman–Crippen LogP) is 10.1. The Labute approximate surface area is 298 Å². The number of aromatic nitrogens is 4. The topological polar surface area (TPSA) is 52.2 Å². The van der Waals surface area contributed by atoms with E-state index in [0.717, 1.165) is 92.8 Å². The highest BCUT2D eigenvalue weighted by Crippen LogP contribution is 2.45. The Morgan fingerprint density at radius 1 is 0.404 bits per heavy atom. The summed E-state index contributed by atoms with van der Waals surface area (Å²) < 4.78 is 20.7. The van der Waals surface area contributed by atoms with Crippen molar-refractivity contribution in [1.82, 2.24) is 18.9 Å². The molecule has 0 fully saturated rings. The molecule has 5 nitrogen and oxygen atoms in total. The summed E-state index contributed by atoms with van der Waals surface area (Å²) in [6, 6.07) is 60.2. The SMILES string of the molecule is O=P(c1ccc2ccccc2c1)(c1ccc2ccccc2c1)c1ccc2c3ccccc3n(-c3nc4ccccc4c4nc5ccccc5n34)c2c1. The number of hydrogen-bond acceptors (Lipinski definition) is 3. The van der Waals surface area contributed by atoms with E-state index in [0.29, 0.717) is 0 Å². The summed E-state index contributed by atoms with van der Waals surface area (Å²) in [5.74, 6) is 0.733. The van der Waals surface area contributed by atoms with E-state index in [9.17, 15) is 0 Å². The molecule has 0 saturated carbocycles. The molecule has 0 radical (unpaired) electrons. The molecule has 0 bridgehead atoms. The third-order valence-corrected chi connectivity index (χ3v) is 13.6. The molecule has 0 aliphatic rings. The molecular formula is C46H29N4OP. The first-order valence-corrected chi connectivity index (χ1v) is 19.1. The second kappa shape index (κ2) is 11.0. The summed E-state index contributed by atoms with van der Waals surface area (Å²) in [7, 11) is -3.41. The van der Waals surface area contributed by atoms with Crippen LogP contribution in [0.3, 0.4) is 0 Å². The fourth-order valence-electron chi connectivity index (χ4n) is 8.04. The largest absolute Gasteiger partial charge is 0.309 e. The van der Waals surface area contributed by atoms with E-state index in [1.54, 1.807) is 0 Å². The maximum Gasteiger partial charge on any atom is 0.221 e. The van der Waals surface area contributed by atoms with Gasteiger partial charge in [0.15, 0.2) is 7.14 Å². The molecule has 11 rings (SSSR count). The van der Waals surface area contributed by atoms with Crippen LogP contribution < -0.4 is 15.9 Å². The summed E-state index contributed by atoms with van der Waals surface area (Å²) in [5, 5.41) is 9.88. The highest BCUT2D eigenvalue weighted by molar-refractivity contribution is 7.85. The zero-order chi connectivity index (χ0) is 34.4. The van der Waals surface area contributed by atoms with Crippen LogP contribution in [0.4, 0.5) is 0 Å². The summed E-state index contributed by atoms with van der Waals surface area (Å²) in [5.41, 5.74) is 5.54. The molecule has 52 heavy (non-hydrogen) atoms. The molecule has 3 heterocycles. The fraction of sp³-hybridized carbons (Fsp3) is 0. The van der Waals surface area contributed by atoms with E-state index in [4.69, 9.17) is 9.97 Å². The van der Waals surface area contributed by atoms with Gasteiger partial charge in [0.2, 0.25) is 5.95 Å². The first-order chi connectivity index (χ1) is 25.6. The number of benzene rings is 8. The zero-order valence-corrected chi connectivity index (χ0v) is 28.8. The van der Waals surface area contributed by atoms with Crippen LogP contribution in [0.25, 0.3) is 76.9 Å². The highest BCUT2D eigenvalue weighted by atomic mass is 31.2. The lowest BCUT2D eigenvalue weighted by Gasteiger charge is -2.22. The molecule has 0 aliphatic heterocycles. The Morgan fingerprint density at radius 3 is 1.63 bits per heavy atom. The summed E-state index contributed by atoms with van der Waals surface area (Å²) in [6.07, 6.45) is 0. The van der Waals surface area contributed by atoms with E-state index >= 15 is 4.57 Å². The number of hydrogen-bond donors (Lipinski definition) is 0. The van der Waals surface area contributed by atoms with Crippen molar-refractivity contribution in [2.24, 2.45) is 0 Å². The Kier molecular flexibility index (Phi) is 6.16. The molecule has 0 aliphatic carbocycles. The van der Waals surface area contributed by atoms with Gasteiger partial charge in [-0.3, -0.25) is 8.97 Å². The van der Waals surface area contributed by atoms with Crippen LogP contribution >= 0.6 is 7.14 Å². The molecule has 0 spiro atoms. The van der Waals surface area contributed by atoms with Gasteiger partial charge in [0.05, 0.1) is 27.6 Å². The third kappa shape index (κ3) is 4.14. The predicted molar refractivity (Wildman–Crippen MR) is 217 cm³/mol. The van der Waals surface area contributed by atoms with Crippen LogP contribution in [0, 0.1) is 0 Å². The van der Waals surface area contributed by atoms with Gasteiger partial charge in [-0.2, -0.15) is 0 Å². The van der Waals surface area contributed by atoms with Crippen molar-refractivity contribution in [2.75, 3.05) is 0 Å². The van der Waals surface area contributed by atoms with E-state index in [1.807, 2.05) is 72.8 Å². The van der Waals surface area contributed by atoms with Crippen molar-refractivity contribution in [3.8, 4) is 5.95 Å². The van der Waals surface area contributed by atoms with Gasteiger partial charge in [-0.25, -0.2) is 9.97 Å². The highest BCUT2D eigenvalue weighted by Gasteiger charge is 2.32. The Hall–Kier alpha value is -6.55. The van der Waals surface area contributed by atoms with Gasteiger partial charge in [-0.15, -0.1) is 0 Å². The first kappa shape index (κ1) is 29.2. The standard InChI is InChI=1S/C46H29N4OP/c51-52(34-23-21-30-11-1-3-13-32(30)27-34,35-24-22-31-12-2-4-14-33(31)28-35)36-25-26-38-37-15-6-9-19-42(37)49(44(38)29-36)46-48-40-17-7-5-16-39(40)45-47-41-18-8-10-20-43(41)50(45)46/h1-29H. The lowest BCUT2D eigenvalue weighted by molar-refractivity contribution is 0.592. The molecule has 8 aromatic carbocycles. The maximum absolute atomic E-state index is 16.3. The number of fused-ring (bicyclic) bond motifs is 10. The molecule has 0 N–H and O–H groups in total. The van der Waals surface area contributed by atoms with E-state index in [-0.39, 0.29) is 0 Å². The second-order valence-corrected chi connectivity index (χ2v) is 16.2. The minimum absolute atomic E-state index is 0.733. The van der Waals surface area contributed by atoms with Crippen molar-refractivity contribution in [1.29, 1.82) is 0 Å². The number of para-hydroxylation sites is 4. The van der Waals surface area contributed by atoms with Crippen LogP contribution in [0.2, 0.25) is 0 Å². The van der Waals surface area contributed by atoms with Gasteiger partial charge in [0.1, 0.15) is 5.65 Å². The van der Waals surface area contributed by atoms with Gasteiger partial charge in [0, 0.05) is 32.1 Å². The van der Waals surface area contributed by atoms with Crippen LogP contribution in [0.15, 0.2) is 176 Å². The number of imidazole rings is 1. The van der Waals surface area contributed by atoms with Gasteiger partial charge in [0.25, 0.3) is 0 Å². The Morgan fingerprint density at radius 2 is 0.923 bits per heavy atom. The average molecular weight is 685 g/mol. The van der Waals surface area contributed by atoms with Crippen molar-refractivity contribution in [3.05, 3.63) is 176 Å². The quantitative estimate of drug-likeness (QED) is 0.174. The van der Waals surface area contributed by atoms with Gasteiger partial charge >= 0.3 is 0 Å². The fourth-order valence-corrected chi connectivity index (χ4v) is 10.7. The van der Waals surface area contributed by atoms with E-state index < -0.39 is 7.14 Å². The minimum atomic E-state index is -3.41. The molecule has 0 unspecified atom stereocenters. The zero-order valence-electron chi connectivity index (χ0n) is 27.9. The van der Waals surface area contributed by atoms with Crippen molar-refractivity contribution in [2.45, 2.75) is 0 Å². The molecule has 0 atom stereocenters. The van der Waals surface area contributed by atoms with E-state index in [2.05, 4.69) is 112 Å². The third-order valence-electron chi connectivity index (χ3n) is 10.5. The monoisotopic (exact) mass is 684 g/mol. The van der Waals surface area contributed by atoms with Gasteiger partial charge < -0.3 is 4.57 Å². The van der Waals surface area contributed by atoms with Crippen LogP contribution in [0.1, 0.15) is 0 Å². The second-order valence-electron chi connectivity index (χ2n) is 13.4. The molecular weight excluding hydrogens is 656 g/mol. The molecule has 0 saturated heterocycles. The Balaban J connectivity index is 1.26. The number of rotatable bonds is 4.